The van der Waals surface area contributed by atoms with E-state index in [-0.39, 0.29) is 12.0 Å². The number of rotatable bonds is 7. The Kier molecular flexibility index (Phi) is 5.37. The highest BCUT2D eigenvalue weighted by Crippen LogP contribution is 2.30. The highest BCUT2D eigenvalue weighted by molar-refractivity contribution is 5.94. The van der Waals surface area contributed by atoms with Crippen LogP contribution in [-0.4, -0.2) is 54.6 Å². The summed E-state index contributed by atoms with van der Waals surface area (Å²) in [7, 11) is 0. The van der Waals surface area contributed by atoms with Gasteiger partial charge in [-0.05, 0) is 37.0 Å². The summed E-state index contributed by atoms with van der Waals surface area (Å²) in [5, 5.41) is 0. The number of hydrogen-bond acceptors (Lipinski definition) is 4. The Morgan fingerprint density at radius 3 is 2.73 bits per heavy atom. The summed E-state index contributed by atoms with van der Waals surface area (Å²) >= 11 is 0. The molecule has 26 heavy (non-hydrogen) atoms. The molecule has 1 unspecified atom stereocenters. The molecule has 1 aromatic carbocycles. The molecule has 0 spiro atoms. The molecule has 2 fully saturated rings. The van der Waals surface area contributed by atoms with Crippen LogP contribution in [0.3, 0.4) is 0 Å². The van der Waals surface area contributed by atoms with Crippen LogP contribution in [0.5, 0.6) is 0 Å². The zero-order valence-electron chi connectivity index (χ0n) is 15.0. The first-order chi connectivity index (χ1) is 12.8. The Hall–Kier alpha value is -2.11. The van der Waals surface area contributed by atoms with E-state index in [0.29, 0.717) is 19.1 Å². The molecule has 0 radical (unpaired) electrons. The Labute approximate surface area is 154 Å². The highest BCUT2D eigenvalue weighted by Gasteiger charge is 2.30. The molecule has 1 amide bonds. The summed E-state index contributed by atoms with van der Waals surface area (Å²) in [5.41, 5.74) is 1.94. The third-order valence-corrected chi connectivity index (χ3v) is 5.12. The third kappa shape index (κ3) is 4.54. The molecule has 138 valence electrons. The largest absolute Gasteiger partial charge is 0.472 e. The van der Waals surface area contributed by atoms with Crippen LogP contribution in [0.25, 0.3) is 0 Å². The summed E-state index contributed by atoms with van der Waals surface area (Å²) in [6.45, 7) is 4.83. The second kappa shape index (κ2) is 8.06. The van der Waals surface area contributed by atoms with Crippen molar-refractivity contribution in [2.24, 2.45) is 5.92 Å². The van der Waals surface area contributed by atoms with E-state index in [2.05, 4.69) is 4.90 Å². The Morgan fingerprint density at radius 2 is 2.00 bits per heavy atom. The van der Waals surface area contributed by atoms with Gasteiger partial charge in [0.1, 0.15) is 0 Å². The normalized spacial score (nSPS) is 20.8. The molecule has 1 aromatic heterocycles. The average Bonchev–Trinajstić information content (AvgIpc) is 3.35. The van der Waals surface area contributed by atoms with Gasteiger partial charge in [-0.3, -0.25) is 9.69 Å². The molecular weight excluding hydrogens is 328 g/mol. The number of carbonyl (C=O) groups is 1. The molecule has 1 saturated carbocycles. The predicted octanol–water partition coefficient (Wildman–Crippen LogP) is 3.03. The van der Waals surface area contributed by atoms with E-state index in [1.807, 2.05) is 41.3 Å². The van der Waals surface area contributed by atoms with Crippen LogP contribution in [-0.2, 0) is 11.3 Å². The van der Waals surface area contributed by atoms with Crippen molar-refractivity contribution in [2.45, 2.75) is 25.5 Å². The summed E-state index contributed by atoms with van der Waals surface area (Å²) in [6.07, 6.45) is 6.03. The van der Waals surface area contributed by atoms with Crippen molar-refractivity contribution < 1.29 is 13.9 Å². The first-order valence-corrected chi connectivity index (χ1v) is 9.47. The molecule has 1 saturated heterocycles. The van der Waals surface area contributed by atoms with E-state index < -0.39 is 0 Å². The summed E-state index contributed by atoms with van der Waals surface area (Å²) < 4.78 is 11.2. The topological polar surface area (TPSA) is 45.9 Å². The van der Waals surface area contributed by atoms with Gasteiger partial charge < -0.3 is 14.1 Å². The van der Waals surface area contributed by atoms with Gasteiger partial charge in [-0.15, -0.1) is 0 Å². The minimum atomic E-state index is 0.0575. The minimum Gasteiger partial charge on any atom is -0.472 e. The van der Waals surface area contributed by atoms with Crippen molar-refractivity contribution in [2.75, 3.05) is 32.8 Å². The lowest BCUT2D eigenvalue weighted by Gasteiger charge is -2.35. The van der Waals surface area contributed by atoms with Gasteiger partial charge in [0.2, 0.25) is 0 Å². The molecule has 0 N–H and O–H groups in total. The number of furan rings is 1. The van der Waals surface area contributed by atoms with Crippen LogP contribution in [0, 0.1) is 5.92 Å². The quantitative estimate of drug-likeness (QED) is 0.767. The number of hydrogen-bond donors (Lipinski definition) is 0. The van der Waals surface area contributed by atoms with Crippen molar-refractivity contribution in [1.82, 2.24) is 9.80 Å². The van der Waals surface area contributed by atoms with E-state index in [9.17, 15) is 4.79 Å². The Morgan fingerprint density at radius 1 is 1.15 bits per heavy atom. The molecule has 1 atom stereocenters. The summed E-state index contributed by atoms with van der Waals surface area (Å²) in [5.74, 6) is 0.779. The van der Waals surface area contributed by atoms with Crippen LogP contribution in [0.4, 0.5) is 0 Å². The fourth-order valence-electron chi connectivity index (χ4n) is 3.54. The Bertz CT molecular complexity index is 697. The van der Waals surface area contributed by atoms with Gasteiger partial charge in [0, 0.05) is 43.9 Å². The van der Waals surface area contributed by atoms with Crippen LogP contribution >= 0.6 is 0 Å². The van der Waals surface area contributed by atoms with E-state index in [1.54, 1.807) is 12.5 Å². The number of amides is 1. The molecule has 1 aliphatic carbocycles. The fraction of sp³-hybridized carbons (Fsp3) is 0.476. The molecule has 0 bridgehead atoms. The Balaban J connectivity index is 1.39. The second-order valence-corrected chi connectivity index (χ2v) is 7.38. The minimum absolute atomic E-state index is 0.0575. The van der Waals surface area contributed by atoms with E-state index in [4.69, 9.17) is 9.15 Å². The summed E-state index contributed by atoms with van der Waals surface area (Å²) in [6, 6.07) is 11.6. The molecule has 2 aromatic rings. The molecule has 5 heteroatoms. The monoisotopic (exact) mass is 354 g/mol. The lowest BCUT2D eigenvalue weighted by Crippen LogP contribution is -2.48. The third-order valence-electron chi connectivity index (χ3n) is 5.12. The SMILES string of the molecule is O=C(c1ccccc1)N(CC1CC1)CC1CN(Cc2ccoc2)CCO1. The van der Waals surface area contributed by atoms with Crippen molar-refractivity contribution >= 4 is 5.91 Å². The highest BCUT2D eigenvalue weighted by atomic mass is 16.5. The molecule has 4 rings (SSSR count). The van der Waals surface area contributed by atoms with Crippen molar-refractivity contribution in [3.8, 4) is 0 Å². The lowest BCUT2D eigenvalue weighted by atomic mass is 10.1. The van der Waals surface area contributed by atoms with Crippen LogP contribution in [0.15, 0.2) is 53.3 Å². The maximum atomic E-state index is 13.0. The molecule has 2 aliphatic rings. The van der Waals surface area contributed by atoms with Crippen LogP contribution in [0.2, 0.25) is 0 Å². The zero-order chi connectivity index (χ0) is 17.8. The van der Waals surface area contributed by atoms with Gasteiger partial charge in [-0.2, -0.15) is 0 Å². The molecule has 2 heterocycles. The second-order valence-electron chi connectivity index (χ2n) is 7.38. The first-order valence-electron chi connectivity index (χ1n) is 9.47. The van der Waals surface area contributed by atoms with Crippen LogP contribution < -0.4 is 0 Å². The molecule has 1 aliphatic heterocycles. The first kappa shape index (κ1) is 17.3. The standard InChI is InChI=1S/C21H26N2O3/c24-21(19-4-2-1-3-5-19)23(13-17-6-7-17)15-20-14-22(9-11-26-20)12-18-8-10-25-16-18/h1-5,8,10,16-17,20H,6-7,9,11-15H2. The number of ether oxygens (including phenoxy) is 1. The van der Waals surface area contributed by atoms with Gasteiger partial charge in [0.05, 0.1) is 25.2 Å². The number of carbonyl (C=O) groups excluding carboxylic acids is 1. The fourth-order valence-corrected chi connectivity index (χ4v) is 3.54. The maximum absolute atomic E-state index is 13.0. The van der Waals surface area contributed by atoms with E-state index in [1.165, 1.54) is 18.4 Å². The maximum Gasteiger partial charge on any atom is 0.253 e. The van der Waals surface area contributed by atoms with Gasteiger partial charge >= 0.3 is 0 Å². The van der Waals surface area contributed by atoms with Crippen LogP contribution in [0.1, 0.15) is 28.8 Å². The van der Waals surface area contributed by atoms with Gasteiger partial charge in [-0.25, -0.2) is 0 Å². The predicted molar refractivity (Wildman–Crippen MR) is 98.8 cm³/mol. The number of nitrogens with zero attached hydrogens (tertiary/aromatic N) is 2. The van der Waals surface area contributed by atoms with Gasteiger partial charge in [0.15, 0.2) is 0 Å². The van der Waals surface area contributed by atoms with E-state index in [0.717, 1.165) is 31.7 Å². The number of morpholine rings is 1. The van der Waals surface area contributed by atoms with Gasteiger partial charge in [0.25, 0.3) is 5.91 Å². The number of benzene rings is 1. The van der Waals surface area contributed by atoms with Gasteiger partial charge in [-0.1, -0.05) is 18.2 Å². The zero-order valence-corrected chi connectivity index (χ0v) is 15.0. The van der Waals surface area contributed by atoms with Crippen molar-refractivity contribution in [1.29, 1.82) is 0 Å². The molecular formula is C21H26N2O3. The van der Waals surface area contributed by atoms with E-state index >= 15 is 0 Å². The molecule has 5 nitrogen and oxygen atoms in total. The smallest absolute Gasteiger partial charge is 0.253 e. The average molecular weight is 354 g/mol. The van der Waals surface area contributed by atoms with Crippen molar-refractivity contribution in [3.63, 3.8) is 0 Å². The summed E-state index contributed by atoms with van der Waals surface area (Å²) in [4.78, 5) is 17.3. The lowest BCUT2D eigenvalue weighted by molar-refractivity contribution is -0.0433. The van der Waals surface area contributed by atoms with Crippen molar-refractivity contribution in [3.05, 3.63) is 60.1 Å².